The van der Waals surface area contributed by atoms with Crippen molar-refractivity contribution in [2.24, 2.45) is 11.8 Å². The number of rotatable bonds is 8. The molecule has 4 heteroatoms. The van der Waals surface area contributed by atoms with Crippen LogP contribution in [0.4, 0.5) is 0 Å². The van der Waals surface area contributed by atoms with Gasteiger partial charge in [0, 0.05) is 39.5 Å². The maximum Gasteiger partial charge on any atom is 0.224 e. The zero-order chi connectivity index (χ0) is 18.9. The second kappa shape index (κ2) is 10.3. The Morgan fingerprint density at radius 1 is 1.12 bits per heavy atom. The van der Waals surface area contributed by atoms with Crippen LogP contribution < -0.4 is 0 Å². The number of benzene rings is 1. The molecule has 1 heterocycles. The molecule has 1 saturated heterocycles. The van der Waals surface area contributed by atoms with Crippen molar-refractivity contribution in [2.75, 3.05) is 26.2 Å². The first kappa shape index (κ1) is 20.5. The molecule has 0 N–H and O–H groups in total. The third-order valence-corrected chi connectivity index (χ3v) is 5.35. The van der Waals surface area contributed by atoms with Crippen molar-refractivity contribution < 1.29 is 9.59 Å². The second-order valence-corrected chi connectivity index (χ2v) is 7.95. The Morgan fingerprint density at radius 3 is 2.35 bits per heavy atom. The first-order valence-corrected chi connectivity index (χ1v) is 10.0. The summed E-state index contributed by atoms with van der Waals surface area (Å²) in [6.07, 6.45) is 4.69. The van der Waals surface area contributed by atoms with Crippen LogP contribution in [-0.2, 0) is 16.0 Å². The summed E-state index contributed by atoms with van der Waals surface area (Å²) in [5, 5.41) is 0. The lowest BCUT2D eigenvalue weighted by Crippen LogP contribution is -2.41. The number of nitrogens with zero attached hydrogens (tertiary/aromatic N) is 2. The molecule has 2 amide bonds. The number of amides is 2. The predicted molar refractivity (Wildman–Crippen MR) is 106 cm³/mol. The summed E-state index contributed by atoms with van der Waals surface area (Å²) < 4.78 is 0. The van der Waals surface area contributed by atoms with Gasteiger partial charge >= 0.3 is 0 Å². The molecule has 0 aromatic heterocycles. The molecule has 0 bridgehead atoms. The first-order chi connectivity index (χ1) is 12.5. The lowest BCUT2D eigenvalue weighted by Gasteiger charge is -2.33. The molecule has 2 rings (SSSR count). The standard InChI is InChI=1S/C22H34N2O2/c1-18(2)9-13-23(19(3)25)16-12-22(26)24-14-10-21(11-15-24)17-20-7-5-4-6-8-20/h4-8,18,21H,9-17H2,1-3H3. The Hall–Kier alpha value is -1.84. The molecule has 144 valence electrons. The van der Waals surface area contributed by atoms with Crippen LogP contribution in [-0.4, -0.2) is 47.8 Å². The van der Waals surface area contributed by atoms with Crippen LogP contribution in [0.3, 0.4) is 0 Å². The monoisotopic (exact) mass is 358 g/mol. The summed E-state index contributed by atoms with van der Waals surface area (Å²) in [7, 11) is 0. The van der Waals surface area contributed by atoms with E-state index in [1.165, 1.54) is 5.56 Å². The van der Waals surface area contributed by atoms with Crippen molar-refractivity contribution in [1.29, 1.82) is 0 Å². The lowest BCUT2D eigenvalue weighted by molar-refractivity contribution is -0.134. The molecule has 0 aliphatic carbocycles. The third kappa shape index (κ3) is 6.81. The molecule has 1 aromatic rings. The molecule has 0 radical (unpaired) electrons. The number of hydrogen-bond acceptors (Lipinski definition) is 2. The number of carbonyl (C=O) groups is 2. The van der Waals surface area contributed by atoms with Crippen LogP contribution in [0.1, 0.15) is 52.0 Å². The Kier molecular flexibility index (Phi) is 8.14. The number of likely N-dealkylation sites (tertiary alicyclic amines) is 1. The minimum Gasteiger partial charge on any atom is -0.343 e. The summed E-state index contributed by atoms with van der Waals surface area (Å²) in [6.45, 7) is 8.90. The minimum absolute atomic E-state index is 0.0695. The highest BCUT2D eigenvalue weighted by molar-refractivity contribution is 5.78. The van der Waals surface area contributed by atoms with Crippen molar-refractivity contribution in [1.82, 2.24) is 9.80 Å². The molecule has 0 atom stereocenters. The molecular formula is C22H34N2O2. The van der Waals surface area contributed by atoms with Gasteiger partial charge in [0.2, 0.25) is 11.8 Å². The van der Waals surface area contributed by atoms with Crippen molar-refractivity contribution in [3.05, 3.63) is 35.9 Å². The number of carbonyl (C=O) groups excluding carboxylic acids is 2. The SMILES string of the molecule is CC(=O)N(CCC(=O)N1CCC(Cc2ccccc2)CC1)CCC(C)C. The van der Waals surface area contributed by atoms with Gasteiger partial charge in [0.1, 0.15) is 0 Å². The molecule has 0 saturated carbocycles. The van der Waals surface area contributed by atoms with E-state index in [2.05, 4.69) is 44.2 Å². The second-order valence-electron chi connectivity index (χ2n) is 7.95. The quantitative estimate of drug-likeness (QED) is 0.710. The van der Waals surface area contributed by atoms with E-state index in [9.17, 15) is 9.59 Å². The van der Waals surface area contributed by atoms with Gasteiger partial charge in [0.05, 0.1) is 0 Å². The summed E-state index contributed by atoms with van der Waals surface area (Å²) in [5.41, 5.74) is 1.39. The van der Waals surface area contributed by atoms with E-state index >= 15 is 0 Å². The summed E-state index contributed by atoms with van der Waals surface area (Å²) in [5.74, 6) is 1.50. The van der Waals surface area contributed by atoms with Gasteiger partial charge in [-0.3, -0.25) is 9.59 Å². The van der Waals surface area contributed by atoms with Crippen LogP contribution in [0.2, 0.25) is 0 Å². The van der Waals surface area contributed by atoms with Gasteiger partial charge in [-0.1, -0.05) is 44.2 Å². The van der Waals surface area contributed by atoms with Crippen LogP contribution in [0, 0.1) is 11.8 Å². The fourth-order valence-corrected chi connectivity index (χ4v) is 3.56. The van der Waals surface area contributed by atoms with Crippen LogP contribution >= 0.6 is 0 Å². The van der Waals surface area contributed by atoms with Gasteiger partial charge in [-0.05, 0) is 43.1 Å². The summed E-state index contributed by atoms with van der Waals surface area (Å²) >= 11 is 0. The maximum absolute atomic E-state index is 12.5. The Bertz CT molecular complexity index is 563. The fraction of sp³-hybridized carbons (Fsp3) is 0.636. The smallest absolute Gasteiger partial charge is 0.224 e. The Morgan fingerprint density at radius 2 is 1.77 bits per heavy atom. The third-order valence-electron chi connectivity index (χ3n) is 5.35. The van der Waals surface area contributed by atoms with Crippen molar-refractivity contribution in [3.63, 3.8) is 0 Å². The van der Waals surface area contributed by atoms with Crippen molar-refractivity contribution in [3.8, 4) is 0 Å². The largest absolute Gasteiger partial charge is 0.343 e. The van der Waals surface area contributed by atoms with Crippen LogP contribution in [0.5, 0.6) is 0 Å². The van der Waals surface area contributed by atoms with Crippen molar-refractivity contribution >= 4 is 11.8 Å². The van der Waals surface area contributed by atoms with Crippen molar-refractivity contribution in [2.45, 2.75) is 52.9 Å². The highest BCUT2D eigenvalue weighted by atomic mass is 16.2. The van der Waals surface area contributed by atoms with E-state index in [-0.39, 0.29) is 11.8 Å². The van der Waals surface area contributed by atoms with Gasteiger partial charge in [-0.25, -0.2) is 0 Å². The zero-order valence-electron chi connectivity index (χ0n) is 16.6. The van der Waals surface area contributed by atoms with Gasteiger partial charge in [0.25, 0.3) is 0 Å². The van der Waals surface area contributed by atoms with Crippen LogP contribution in [0.15, 0.2) is 30.3 Å². The number of piperidine rings is 1. The van der Waals surface area contributed by atoms with E-state index in [0.717, 1.165) is 45.3 Å². The van der Waals surface area contributed by atoms with E-state index in [0.29, 0.717) is 24.8 Å². The normalized spacial score (nSPS) is 15.3. The summed E-state index contributed by atoms with van der Waals surface area (Å²) in [4.78, 5) is 28.1. The Balaban J connectivity index is 1.72. The minimum atomic E-state index is 0.0695. The summed E-state index contributed by atoms with van der Waals surface area (Å²) in [6, 6.07) is 10.6. The average Bonchev–Trinajstić information content (AvgIpc) is 2.62. The van der Waals surface area contributed by atoms with E-state index < -0.39 is 0 Å². The van der Waals surface area contributed by atoms with Gasteiger partial charge in [-0.15, -0.1) is 0 Å². The van der Waals surface area contributed by atoms with Gasteiger partial charge < -0.3 is 9.80 Å². The van der Waals surface area contributed by atoms with E-state index in [1.54, 1.807) is 6.92 Å². The average molecular weight is 359 g/mol. The highest BCUT2D eigenvalue weighted by Gasteiger charge is 2.23. The highest BCUT2D eigenvalue weighted by Crippen LogP contribution is 2.22. The Labute approximate surface area is 158 Å². The van der Waals surface area contributed by atoms with Gasteiger partial charge in [-0.2, -0.15) is 0 Å². The molecule has 4 nitrogen and oxygen atoms in total. The predicted octanol–water partition coefficient (Wildman–Crippen LogP) is 3.75. The molecular weight excluding hydrogens is 324 g/mol. The van der Waals surface area contributed by atoms with Gasteiger partial charge in [0.15, 0.2) is 0 Å². The van der Waals surface area contributed by atoms with E-state index in [4.69, 9.17) is 0 Å². The molecule has 0 unspecified atom stereocenters. The van der Waals surface area contributed by atoms with Crippen LogP contribution in [0.25, 0.3) is 0 Å². The van der Waals surface area contributed by atoms with E-state index in [1.807, 2.05) is 9.80 Å². The topological polar surface area (TPSA) is 40.6 Å². The fourth-order valence-electron chi connectivity index (χ4n) is 3.56. The zero-order valence-corrected chi connectivity index (χ0v) is 16.6. The molecule has 1 fully saturated rings. The molecule has 1 aromatic carbocycles. The molecule has 1 aliphatic rings. The maximum atomic E-state index is 12.5. The number of hydrogen-bond donors (Lipinski definition) is 0. The molecule has 26 heavy (non-hydrogen) atoms. The molecule has 1 aliphatic heterocycles. The molecule has 0 spiro atoms. The first-order valence-electron chi connectivity index (χ1n) is 10.0. The lowest BCUT2D eigenvalue weighted by atomic mass is 9.90.